The van der Waals surface area contributed by atoms with Crippen LogP contribution in [0.1, 0.15) is 28.8 Å². The van der Waals surface area contributed by atoms with Crippen LogP contribution in [-0.2, 0) is 10.0 Å². The molecule has 1 fully saturated rings. The standard InChI is InChI=1S/C18H19ClN2O3S/c1-13-4-7-15(12-17(13)19)20-25(23,24)16-8-5-14(6-9-16)18(22)21-10-2-3-11-21/h4-9,12,20H,2-3,10-11H2,1H3. The van der Waals surface area contributed by atoms with Gasteiger partial charge in [0.1, 0.15) is 0 Å². The summed E-state index contributed by atoms with van der Waals surface area (Å²) in [4.78, 5) is 14.2. The van der Waals surface area contributed by atoms with E-state index in [1.165, 1.54) is 12.1 Å². The van der Waals surface area contributed by atoms with Gasteiger partial charge in [-0.2, -0.15) is 0 Å². The molecule has 0 spiro atoms. The topological polar surface area (TPSA) is 66.5 Å². The van der Waals surface area contributed by atoms with Gasteiger partial charge < -0.3 is 4.90 Å². The molecule has 1 saturated heterocycles. The molecule has 0 aliphatic carbocycles. The van der Waals surface area contributed by atoms with Crippen LogP contribution in [0.3, 0.4) is 0 Å². The van der Waals surface area contributed by atoms with Gasteiger partial charge in [0.2, 0.25) is 0 Å². The molecule has 0 unspecified atom stereocenters. The smallest absolute Gasteiger partial charge is 0.261 e. The lowest BCUT2D eigenvalue weighted by Gasteiger charge is -2.15. The van der Waals surface area contributed by atoms with Crippen LogP contribution in [0.5, 0.6) is 0 Å². The van der Waals surface area contributed by atoms with Gasteiger partial charge >= 0.3 is 0 Å². The van der Waals surface area contributed by atoms with Crippen LogP contribution in [0.2, 0.25) is 5.02 Å². The predicted octanol–water partition coefficient (Wildman–Crippen LogP) is 3.69. The second-order valence-corrected chi connectivity index (χ2v) is 8.18. The largest absolute Gasteiger partial charge is 0.339 e. The SMILES string of the molecule is Cc1ccc(NS(=O)(=O)c2ccc(C(=O)N3CCCC3)cc2)cc1Cl. The van der Waals surface area contributed by atoms with Crippen molar-refractivity contribution < 1.29 is 13.2 Å². The van der Waals surface area contributed by atoms with E-state index in [9.17, 15) is 13.2 Å². The zero-order chi connectivity index (χ0) is 18.0. The molecule has 0 saturated carbocycles. The number of carbonyl (C=O) groups is 1. The first kappa shape index (κ1) is 17.8. The van der Waals surface area contributed by atoms with Crippen molar-refractivity contribution in [3.8, 4) is 0 Å². The third-order valence-corrected chi connectivity index (χ3v) is 6.03. The summed E-state index contributed by atoms with van der Waals surface area (Å²) in [5.74, 6) is -0.0558. The molecule has 0 atom stereocenters. The maximum atomic E-state index is 12.5. The first-order chi connectivity index (χ1) is 11.9. The van der Waals surface area contributed by atoms with E-state index in [0.29, 0.717) is 16.3 Å². The molecule has 1 aliphatic heterocycles. The summed E-state index contributed by atoms with van der Waals surface area (Å²) < 4.78 is 27.5. The normalized spacial score (nSPS) is 14.6. The summed E-state index contributed by atoms with van der Waals surface area (Å²) in [6.45, 7) is 3.36. The van der Waals surface area contributed by atoms with Crippen LogP contribution in [0.15, 0.2) is 47.4 Å². The van der Waals surface area contributed by atoms with Crippen LogP contribution in [0.4, 0.5) is 5.69 Å². The lowest BCUT2D eigenvalue weighted by Crippen LogP contribution is -2.27. The molecular formula is C18H19ClN2O3S. The number of benzene rings is 2. The average Bonchev–Trinajstić information content (AvgIpc) is 3.12. The van der Waals surface area contributed by atoms with Gasteiger partial charge in [-0.25, -0.2) is 8.42 Å². The second-order valence-electron chi connectivity index (χ2n) is 6.09. The molecule has 2 aromatic carbocycles. The number of anilines is 1. The fourth-order valence-electron chi connectivity index (χ4n) is 2.75. The average molecular weight is 379 g/mol. The van der Waals surface area contributed by atoms with Crippen LogP contribution in [-0.4, -0.2) is 32.3 Å². The summed E-state index contributed by atoms with van der Waals surface area (Å²) in [6, 6.07) is 11.0. The molecule has 3 rings (SSSR count). The van der Waals surface area contributed by atoms with Crippen molar-refractivity contribution in [1.82, 2.24) is 4.90 Å². The van der Waals surface area contributed by atoms with Crippen molar-refractivity contribution in [3.05, 3.63) is 58.6 Å². The Labute approximate surface area is 152 Å². The highest BCUT2D eigenvalue weighted by molar-refractivity contribution is 7.92. The number of sulfonamides is 1. The van der Waals surface area contributed by atoms with E-state index < -0.39 is 10.0 Å². The number of hydrogen-bond donors (Lipinski definition) is 1. The molecule has 1 heterocycles. The molecule has 132 valence electrons. The molecule has 7 heteroatoms. The fourth-order valence-corrected chi connectivity index (χ4v) is 3.98. The van der Waals surface area contributed by atoms with Gasteiger partial charge in [-0.3, -0.25) is 9.52 Å². The number of amides is 1. The van der Waals surface area contributed by atoms with Crippen LogP contribution in [0.25, 0.3) is 0 Å². The minimum atomic E-state index is -3.74. The first-order valence-electron chi connectivity index (χ1n) is 8.05. The van der Waals surface area contributed by atoms with Gasteiger partial charge in [0.05, 0.1) is 10.6 Å². The van der Waals surface area contributed by atoms with Crippen molar-refractivity contribution in [2.24, 2.45) is 0 Å². The van der Waals surface area contributed by atoms with Crippen molar-refractivity contribution in [1.29, 1.82) is 0 Å². The Balaban J connectivity index is 1.78. The third kappa shape index (κ3) is 3.96. The second kappa shape index (κ2) is 7.06. The van der Waals surface area contributed by atoms with E-state index in [1.54, 1.807) is 35.2 Å². The number of likely N-dealkylation sites (tertiary alicyclic amines) is 1. The van der Waals surface area contributed by atoms with Gasteiger partial charge in [-0.15, -0.1) is 0 Å². The van der Waals surface area contributed by atoms with Crippen LogP contribution in [0, 0.1) is 6.92 Å². The van der Waals surface area contributed by atoms with Gasteiger partial charge in [0.15, 0.2) is 0 Å². The predicted molar refractivity (Wildman–Crippen MR) is 98.6 cm³/mol. The molecule has 0 radical (unpaired) electrons. The van der Waals surface area contributed by atoms with Crippen LogP contribution < -0.4 is 4.72 Å². The Morgan fingerprint density at radius 2 is 1.72 bits per heavy atom. The third-order valence-electron chi connectivity index (χ3n) is 4.23. The summed E-state index contributed by atoms with van der Waals surface area (Å²) >= 11 is 6.03. The number of halogens is 1. The Hall–Kier alpha value is -2.05. The molecule has 0 aromatic heterocycles. The Morgan fingerprint density at radius 1 is 1.08 bits per heavy atom. The summed E-state index contributed by atoms with van der Waals surface area (Å²) in [6.07, 6.45) is 2.03. The summed E-state index contributed by atoms with van der Waals surface area (Å²) in [7, 11) is -3.74. The lowest BCUT2D eigenvalue weighted by molar-refractivity contribution is 0.0792. The van der Waals surface area contributed by atoms with Crippen molar-refractivity contribution in [2.45, 2.75) is 24.7 Å². The minimum absolute atomic E-state index is 0.0558. The van der Waals surface area contributed by atoms with E-state index >= 15 is 0 Å². The molecule has 1 aliphatic rings. The Kier molecular flexibility index (Phi) is 5.01. The number of nitrogens with zero attached hydrogens (tertiary/aromatic N) is 1. The molecule has 1 N–H and O–H groups in total. The van der Waals surface area contributed by atoms with E-state index in [0.717, 1.165) is 31.5 Å². The maximum Gasteiger partial charge on any atom is 0.261 e. The highest BCUT2D eigenvalue weighted by Gasteiger charge is 2.20. The van der Waals surface area contributed by atoms with Crippen molar-refractivity contribution in [3.63, 3.8) is 0 Å². The summed E-state index contributed by atoms with van der Waals surface area (Å²) in [5, 5.41) is 0.492. The van der Waals surface area contributed by atoms with E-state index in [-0.39, 0.29) is 10.8 Å². The zero-order valence-electron chi connectivity index (χ0n) is 13.8. The summed E-state index contributed by atoms with van der Waals surface area (Å²) in [5.41, 5.74) is 1.77. The van der Waals surface area contributed by atoms with Crippen molar-refractivity contribution in [2.75, 3.05) is 17.8 Å². The molecule has 2 aromatic rings. The Morgan fingerprint density at radius 3 is 2.32 bits per heavy atom. The molecule has 0 bridgehead atoms. The zero-order valence-corrected chi connectivity index (χ0v) is 15.4. The lowest BCUT2D eigenvalue weighted by atomic mass is 10.2. The van der Waals surface area contributed by atoms with Crippen molar-refractivity contribution >= 4 is 33.2 Å². The monoisotopic (exact) mass is 378 g/mol. The molecule has 1 amide bonds. The highest BCUT2D eigenvalue weighted by atomic mass is 35.5. The number of nitrogens with one attached hydrogen (secondary N) is 1. The number of rotatable bonds is 4. The van der Waals surface area contributed by atoms with E-state index in [4.69, 9.17) is 11.6 Å². The van der Waals surface area contributed by atoms with Gasteiger partial charge in [-0.05, 0) is 61.7 Å². The first-order valence-corrected chi connectivity index (χ1v) is 9.91. The Bertz CT molecular complexity index is 889. The van der Waals surface area contributed by atoms with Gasteiger partial charge in [0.25, 0.3) is 15.9 Å². The number of aryl methyl sites for hydroxylation is 1. The molecular weight excluding hydrogens is 360 g/mol. The van der Waals surface area contributed by atoms with Crippen LogP contribution >= 0.6 is 11.6 Å². The maximum absolute atomic E-state index is 12.5. The fraction of sp³-hybridized carbons (Fsp3) is 0.278. The van der Waals surface area contributed by atoms with E-state index in [2.05, 4.69) is 4.72 Å². The number of carbonyl (C=O) groups excluding carboxylic acids is 1. The highest BCUT2D eigenvalue weighted by Crippen LogP contribution is 2.23. The molecule has 25 heavy (non-hydrogen) atoms. The van der Waals surface area contributed by atoms with Gasteiger partial charge in [-0.1, -0.05) is 17.7 Å². The molecule has 5 nitrogen and oxygen atoms in total. The van der Waals surface area contributed by atoms with E-state index in [1.807, 2.05) is 6.92 Å². The number of hydrogen-bond acceptors (Lipinski definition) is 3. The quantitative estimate of drug-likeness (QED) is 0.882. The van der Waals surface area contributed by atoms with Gasteiger partial charge in [0, 0.05) is 23.7 Å². The minimum Gasteiger partial charge on any atom is -0.339 e.